The van der Waals surface area contributed by atoms with Gasteiger partial charge in [-0.25, -0.2) is 13.6 Å². The molecule has 1 unspecified atom stereocenters. The average Bonchev–Trinajstić information content (AvgIpc) is 2.43. The van der Waals surface area contributed by atoms with E-state index in [0.717, 1.165) is 6.07 Å². The summed E-state index contributed by atoms with van der Waals surface area (Å²) in [6, 6.07) is 1.92. The van der Waals surface area contributed by atoms with E-state index >= 15 is 0 Å². The van der Waals surface area contributed by atoms with Crippen LogP contribution in [0.25, 0.3) is 10.4 Å². The Balaban J connectivity index is 2.78. The Kier molecular flexibility index (Phi) is 6.42. The Morgan fingerprint density at radius 3 is 2.90 bits per heavy atom. The number of carbonyl (C=O) groups excluding carboxylic acids is 1. The molecule has 1 aromatic rings. The number of azide groups is 1. The van der Waals surface area contributed by atoms with Crippen LogP contribution in [-0.4, -0.2) is 26.2 Å². The lowest BCUT2D eigenvalue weighted by Crippen LogP contribution is -2.31. The van der Waals surface area contributed by atoms with Gasteiger partial charge < -0.3 is 10.1 Å². The van der Waals surface area contributed by atoms with Crippen molar-refractivity contribution in [3.05, 3.63) is 45.8 Å². The van der Waals surface area contributed by atoms with Crippen molar-refractivity contribution in [1.29, 1.82) is 0 Å². The number of halogens is 2. The van der Waals surface area contributed by atoms with Gasteiger partial charge in [-0.3, -0.25) is 0 Å². The van der Waals surface area contributed by atoms with Gasteiger partial charge in [-0.15, -0.1) is 0 Å². The van der Waals surface area contributed by atoms with Gasteiger partial charge in [0, 0.05) is 23.1 Å². The molecule has 0 radical (unpaired) electrons. The molecule has 1 rings (SSSR count). The summed E-state index contributed by atoms with van der Waals surface area (Å²) in [6.45, 7) is 0.568. The lowest BCUT2D eigenvalue weighted by Gasteiger charge is -2.17. The second-order valence-corrected chi connectivity index (χ2v) is 3.88. The van der Waals surface area contributed by atoms with Gasteiger partial charge in [-0.05, 0) is 24.6 Å². The van der Waals surface area contributed by atoms with E-state index in [1.54, 1.807) is 0 Å². The van der Waals surface area contributed by atoms with Crippen LogP contribution in [0.4, 0.5) is 8.78 Å². The van der Waals surface area contributed by atoms with Gasteiger partial charge in [0.05, 0.1) is 7.11 Å². The number of methoxy groups -OCH3 is 1. The predicted molar refractivity (Wildman–Crippen MR) is 67.7 cm³/mol. The zero-order valence-corrected chi connectivity index (χ0v) is 10.8. The smallest absolute Gasteiger partial charge is 0.327 e. The number of benzene rings is 1. The molecule has 20 heavy (non-hydrogen) atoms. The van der Waals surface area contributed by atoms with Gasteiger partial charge in [0.2, 0.25) is 0 Å². The van der Waals surface area contributed by atoms with E-state index in [9.17, 15) is 13.6 Å². The van der Waals surface area contributed by atoms with E-state index in [-0.39, 0.29) is 12.1 Å². The van der Waals surface area contributed by atoms with Crippen molar-refractivity contribution < 1.29 is 18.3 Å². The number of hydrogen-bond donors (Lipinski definition) is 1. The van der Waals surface area contributed by atoms with Gasteiger partial charge in [-0.1, -0.05) is 11.2 Å². The second kappa shape index (κ2) is 8.08. The third-order valence-electron chi connectivity index (χ3n) is 2.56. The van der Waals surface area contributed by atoms with Crippen LogP contribution in [-0.2, 0) is 9.53 Å². The Hall–Kier alpha value is -2.18. The molecule has 108 valence electrons. The quantitative estimate of drug-likeness (QED) is 0.274. The standard InChI is InChI=1S/C12H14F2N4O2/c1-20-12(19)11(16-5-2-6-17-18-15)9-4-3-8(13)7-10(9)14/h3-4,7,11,16H,2,5-6H2,1H3. The Morgan fingerprint density at radius 1 is 1.55 bits per heavy atom. The molecule has 0 fully saturated rings. The van der Waals surface area contributed by atoms with Crippen LogP contribution in [0.5, 0.6) is 0 Å². The SMILES string of the molecule is COC(=O)C(NCCCN=[N+]=[N-])c1ccc(F)cc1F. The van der Waals surface area contributed by atoms with E-state index in [2.05, 4.69) is 20.1 Å². The summed E-state index contributed by atoms with van der Waals surface area (Å²) in [4.78, 5) is 14.2. The molecule has 0 bridgehead atoms. The van der Waals surface area contributed by atoms with Crippen LogP contribution in [0.3, 0.4) is 0 Å². The second-order valence-electron chi connectivity index (χ2n) is 3.88. The first-order valence-electron chi connectivity index (χ1n) is 5.87. The molecule has 0 amide bonds. The predicted octanol–water partition coefficient (Wildman–Crippen LogP) is 2.47. The highest BCUT2D eigenvalue weighted by molar-refractivity contribution is 5.77. The molecule has 0 aromatic heterocycles. The number of esters is 1. The number of hydrogen-bond acceptors (Lipinski definition) is 4. The van der Waals surface area contributed by atoms with Crippen LogP contribution >= 0.6 is 0 Å². The van der Waals surface area contributed by atoms with E-state index in [0.29, 0.717) is 19.0 Å². The molecule has 6 nitrogen and oxygen atoms in total. The first-order valence-corrected chi connectivity index (χ1v) is 5.87. The highest BCUT2D eigenvalue weighted by Gasteiger charge is 2.24. The van der Waals surface area contributed by atoms with Gasteiger partial charge in [0.25, 0.3) is 0 Å². The summed E-state index contributed by atoms with van der Waals surface area (Å²) in [5.41, 5.74) is 8.12. The molecule has 1 N–H and O–H groups in total. The first kappa shape index (κ1) is 15.9. The fourth-order valence-corrected chi connectivity index (χ4v) is 1.61. The zero-order chi connectivity index (χ0) is 15.0. The van der Waals surface area contributed by atoms with Crippen molar-refractivity contribution in [2.45, 2.75) is 12.5 Å². The Labute approximate surface area is 114 Å². The number of nitrogens with zero attached hydrogens (tertiary/aromatic N) is 3. The van der Waals surface area contributed by atoms with Crippen LogP contribution < -0.4 is 5.32 Å². The third-order valence-corrected chi connectivity index (χ3v) is 2.56. The fraction of sp³-hybridized carbons (Fsp3) is 0.417. The average molecular weight is 284 g/mol. The Bertz CT molecular complexity index is 518. The topological polar surface area (TPSA) is 87.1 Å². The highest BCUT2D eigenvalue weighted by Crippen LogP contribution is 2.19. The van der Waals surface area contributed by atoms with Crippen molar-refractivity contribution in [2.75, 3.05) is 20.2 Å². The molecule has 0 saturated heterocycles. The summed E-state index contributed by atoms with van der Waals surface area (Å²) in [6.07, 6.45) is 0.473. The van der Waals surface area contributed by atoms with Crippen LogP contribution in [0.2, 0.25) is 0 Å². The normalized spacial score (nSPS) is 11.6. The van der Waals surface area contributed by atoms with Crippen LogP contribution in [0, 0.1) is 11.6 Å². The molecule has 0 aliphatic heterocycles. The maximum Gasteiger partial charge on any atom is 0.327 e. The minimum absolute atomic E-state index is 0.00188. The molecule has 1 atom stereocenters. The van der Waals surface area contributed by atoms with Gasteiger partial charge in [0.1, 0.15) is 17.7 Å². The monoisotopic (exact) mass is 284 g/mol. The summed E-state index contributed by atoms with van der Waals surface area (Å²) < 4.78 is 31.1. The largest absolute Gasteiger partial charge is 0.468 e. The summed E-state index contributed by atoms with van der Waals surface area (Å²) in [7, 11) is 1.18. The van der Waals surface area contributed by atoms with E-state index in [1.165, 1.54) is 13.2 Å². The van der Waals surface area contributed by atoms with Gasteiger partial charge in [-0.2, -0.15) is 0 Å². The molecular formula is C12H14F2N4O2. The number of ether oxygens (including phenoxy) is 1. The summed E-state index contributed by atoms with van der Waals surface area (Å²) >= 11 is 0. The number of nitrogens with one attached hydrogen (secondary N) is 1. The van der Waals surface area contributed by atoms with Crippen molar-refractivity contribution >= 4 is 5.97 Å². The lowest BCUT2D eigenvalue weighted by atomic mass is 10.1. The van der Waals surface area contributed by atoms with E-state index < -0.39 is 23.6 Å². The molecule has 0 aliphatic carbocycles. The van der Waals surface area contributed by atoms with E-state index in [1.807, 2.05) is 0 Å². The summed E-state index contributed by atoms with van der Waals surface area (Å²) in [5.74, 6) is -2.24. The van der Waals surface area contributed by atoms with Gasteiger partial charge in [0.15, 0.2) is 0 Å². The fourth-order valence-electron chi connectivity index (χ4n) is 1.61. The third kappa shape index (κ3) is 4.49. The van der Waals surface area contributed by atoms with Crippen molar-refractivity contribution in [1.82, 2.24) is 5.32 Å². The first-order chi connectivity index (χ1) is 9.60. The van der Waals surface area contributed by atoms with Crippen molar-refractivity contribution in [3.8, 4) is 0 Å². The minimum Gasteiger partial charge on any atom is -0.468 e. The van der Waals surface area contributed by atoms with E-state index in [4.69, 9.17) is 5.53 Å². The highest BCUT2D eigenvalue weighted by atomic mass is 19.1. The molecule has 0 saturated carbocycles. The van der Waals surface area contributed by atoms with Crippen molar-refractivity contribution in [2.24, 2.45) is 5.11 Å². The van der Waals surface area contributed by atoms with Crippen LogP contribution in [0.1, 0.15) is 18.0 Å². The summed E-state index contributed by atoms with van der Waals surface area (Å²) in [5, 5.41) is 6.12. The van der Waals surface area contributed by atoms with Crippen LogP contribution in [0.15, 0.2) is 23.3 Å². The molecule has 0 heterocycles. The molecule has 8 heteroatoms. The zero-order valence-electron chi connectivity index (χ0n) is 10.8. The number of carbonyl (C=O) groups is 1. The molecular weight excluding hydrogens is 270 g/mol. The maximum absolute atomic E-state index is 13.7. The molecule has 0 aliphatic rings. The van der Waals surface area contributed by atoms with Crippen molar-refractivity contribution in [3.63, 3.8) is 0 Å². The maximum atomic E-state index is 13.7. The lowest BCUT2D eigenvalue weighted by molar-refractivity contribution is -0.143. The Morgan fingerprint density at radius 2 is 2.30 bits per heavy atom. The minimum atomic E-state index is -1.04. The molecule has 1 aromatic carbocycles. The molecule has 0 spiro atoms. The number of rotatable bonds is 7. The van der Waals surface area contributed by atoms with Gasteiger partial charge >= 0.3 is 5.97 Å².